The van der Waals surface area contributed by atoms with Crippen molar-refractivity contribution in [3.8, 4) is 0 Å². The lowest BCUT2D eigenvalue weighted by atomic mass is 9.86. The smallest absolute Gasteiger partial charge is 0.0491 e. The Morgan fingerprint density at radius 1 is 1.31 bits per heavy atom. The molecule has 3 heteroatoms. The van der Waals surface area contributed by atoms with Crippen LogP contribution in [0.4, 0.5) is 0 Å². The van der Waals surface area contributed by atoms with Gasteiger partial charge in [-0.2, -0.15) is 0 Å². The second-order valence-corrected chi connectivity index (χ2v) is 6.17. The van der Waals surface area contributed by atoms with Crippen molar-refractivity contribution < 1.29 is 4.74 Å². The van der Waals surface area contributed by atoms with E-state index in [9.17, 15) is 0 Å². The fraction of sp³-hybridized carbons (Fsp3) is 1.00. The zero-order chi connectivity index (χ0) is 12.2. The molecule has 0 radical (unpaired) electrons. The highest BCUT2D eigenvalue weighted by Crippen LogP contribution is 2.21. The van der Waals surface area contributed by atoms with E-state index in [1.54, 1.807) is 7.11 Å². The average Bonchev–Trinajstić information content (AvgIpc) is 2.20. The van der Waals surface area contributed by atoms with E-state index in [0.717, 1.165) is 19.1 Å². The van der Waals surface area contributed by atoms with Crippen molar-refractivity contribution in [1.29, 1.82) is 0 Å². The van der Waals surface area contributed by atoms with Gasteiger partial charge in [0.15, 0.2) is 0 Å². The molecule has 1 fully saturated rings. The Morgan fingerprint density at radius 3 is 2.31 bits per heavy atom. The van der Waals surface area contributed by atoms with Gasteiger partial charge in [0.05, 0.1) is 0 Å². The summed E-state index contributed by atoms with van der Waals surface area (Å²) in [4.78, 5) is 2.50. The Hall–Kier alpha value is -0.120. The molecule has 1 aliphatic heterocycles. The number of nitrogens with two attached hydrogens (primary N) is 1. The number of rotatable bonds is 4. The fourth-order valence-electron chi connectivity index (χ4n) is 2.12. The minimum atomic E-state index is 0.212. The average molecular weight is 228 g/mol. The Kier molecular flexibility index (Phi) is 5.22. The van der Waals surface area contributed by atoms with E-state index in [0.29, 0.717) is 0 Å². The van der Waals surface area contributed by atoms with E-state index in [1.807, 2.05) is 0 Å². The SMILES string of the molecule is COCC1CCN(CC(N)C(C)(C)C)CC1. The van der Waals surface area contributed by atoms with Gasteiger partial charge in [0.2, 0.25) is 0 Å². The first-order valence-corrected chi connectivity index (χ1v) is 6.40. The third-order valence-electron chi connectivity index (χ3n) is 3.68. The number of hydrogen-bond acceptors (Lipinski definition) is 3. The summed E-state index contributed by atoms with van der Waals surface area (Å²) in [6.07, 6.45) is 2.51. The maximum absolute atomic E-state index is 6.21. The summed E-state index contributed by atoms with van der Waals surface area (Å²) >= 11 is 0. The zero-order valence-electron chi connectivity index (χ0n) is 11.3. The summed E-state index contributed by atoms with van der Waals surface area (Å²) in [5.74, 6) is 0.757. The third kappa shape index (κ3) is 4.40. The number of ether oxygens (including phenoxy) is 1. The molecule has 0 amide bonds. The summed E-state index contributed by atoms with van der Waals surface area (Å²) in [7, 11) is 1.79. The lowest BCUT2D eigenvalue weighted by Crippen LogP contribution is -2.47. The summed E-state index contributed by atoms with van der Waals surface area (Å²) in [6, 6.07) is 0.270. The van der Waals surface area contributed by atoms with Gasteiger partial charge < -0.3 is 15.4 Å². The second kappa shape index (κ2) is 5.99. The molecule has 0 aromatic carbocycles. The first kappa shape index (κ1) is 13.9. The summed E-state index contributed by atoms with van der Waals surface area (Å²) < 4.78 is 5.21. The van der Waals surface area contributed by atoms with Crippen LogP contribution in [-0.4, -0.2) is 44.3 Å². The topological polar surface area (TPSA) is 38.5 Å². The Labute approximate surface area is 100 Å². The van der Waals surface area contributed by atoms with Crippen molar-refractivity contribution in [3.63, 3.8) is 0 Å². The molecular formula is C13H28N2O. The van der Waals surface area contributed by atoms with Gasteiger partial charge in [-0.05, 0) is 37.3 Å². The molecule has 16 heavy (non-hydrogen) atoms. The maximum atomic E-state index is 6.21. The monoisotopic (exact) mass is 228 g/mol. The standard InChI is InChI=1S/C13H28N2O/c1-13(2,3)12(14)9-15-7-5-11(6-8-15)10-16-4/h11-12H,5-10,14H2,1-4H3. The molecule has 1 heterocycles. The van der Waals surface area contributed by atoms with Crippen LogP contribution >= 0.6 is 0 Å². The number of hydrogen-bond donors (Lipinski definition) is 1. The molecule has 0 aromatic heterocycles. The lowest BCUT2D eigenvalue weighted by molar-refractivity contribution is 0.0901. The van der Waals surface area contributed by atoms with Gasteiger partial charge in [-0.25, -0.2) is 0 Å². The van der Waals surface area contributed by atoms with Crippen molar-refractivity contribution in [1.82, 2.24) is 4.90 Å². The highest BCUT2D eigenvalue weighted by molar-refractivity contribution is 4.82. The first-order valence-electron chi connectivity index (χ1n) is 6.40. The van der Waals surface area contributed by atoms with Crippen LogP contribution in [0.1, 0.15) is 33.6 Å². The van der Waals surface area contributed by atoms with Gasteiger partial charge in [0, 0.05) is 26.3 Å². The van der Waals surface area contributed by atoms with Crippen LogP contribution in [0.25, 0.3) is 0 Å². The predicted molar refractivity (Wildman–Crippen MR) is 68.5 cm³/mol. The molecule has 0 aliphatic carbocycles. The molecule has 96 valence electrons. The van der Waals surface area contributed by atoms with Gasteiger partial charge in [-0.3, -0.25) is 0 Å². The summed E-state index contributed by atoms with van der Waals surface area (Å²) in [6.45, 7) is 11.0. The normalized spacial score (nSPS) is 22.3. The molecule has 0 bridgehead atoms. The first-order chi connectivity index (χ1) is 7.43. The van der Waals surface area contributed by atoms with Crippen LogP contribution in [0.5, 0.6) is 0 Å². The van der Waals surface area contributed by atoms with Crippen molar-refractivity contribution >= 4 is 0 Å². The van der Waals surface area contributed by atoms with Crippen molar-refractivity contribution in [2.75, 3.05) is 33.4 Å². The van der Waals surface area contributed by atoms with Crippen molar-refractivity contribution in [2.24, 2.45) is 17.1 Å². The van der Waals surface area contributed by atoms with E-state index in [2.05, 4.69) is 25.7 Å². The van der Waals surface area contributed by atoms with Gasteiger partial charge >= 0.3 is 0 Å². The molecule has 0 spiro atoms. The molecule has 0 aromatic rings. The highest BCUT2D eigenvalue weighted by Gasteiger charge is 2.25. The predicted octanol–water partition coefficient (Wildman–Crippen LogP) is 1.72. The molecule has 2 N–H and O–H groups in total. The quantitative estimate of drug-likeness (QED) is 0.796. The molecule has 0 saturated carbocycles. The number of methoxy groups -OCH3 is 1. The van der Waals surface area contributed by atoms with Gasteiger partial charge in [-0.15, -0.1) is 0 Å². The van der Waals surface area contributed by atoms with Crippen LogP contribution in [0, 0.1) is 11.3 Å². The Balaban J connectivity index is 2.27. The largest absolute Gasteiger partial charge is 0.384 e. The van der Waals surface area contributed by atoms with Crippen LogP contribution < -0.4 is 5.73 Å². The van der Waals surface area contributed by atoms with E-state index in [4.69, 9.17) is 10.5 Å². The van der Waals surface area contributed by atoms with Gasteiger partial charge in [0.25, 0.3) is 0 Å². The Bertz CT molecular complexity index is 193. The van der Waals surface area contributed by atoms with Crippen LogP contribution in [0.3, 0.4) is 0 Å². The number of nitrogens with zero attached hydrogens (tertiary/aromatic N) is 1. The minimum Gasteiger partial charge on any atom is -0.384 e. The van der Waals surface area contributed by atoms with Crippen LogP contribution in [0.15, 0.2) is 0 Å². The van der Waals surface area contributed by atoms with E-state index in [1.165, 1.54) is 25.9 Å². The van der Waals surface area contributed by atoms with Crippen LogP contribution in [-0.2, 0) is 4.74 Å². The zero-order valence-corrected chi connectivity index (χ0v) is 11.3. The molecular weight excluding hydrogens is 200 g/mol. The van der Waals surface area contributed by atoms with Crippen molar-refractivity contribution in [3.05, 3.63) is 0 Å². The lowest BCUT2D eigenvalue weighted by Gasteiger charge is -2.36. The highest BCUT2D eigenvalue weighted by atomic mass is 16.5. The molecule has 1 saturated heterocycles. The van der Waals surface area contributed by atoms with Gasteiger partial charge in [-0.1, -0.05) is 20.8 Å². The maximum Gasteiger partial charge on any atom is 0.0491 e. The van der Waals surface area contributed by atoms with E-state index in [-0.39, 0.29) is 11.5 Å². The summed E-state index contributed by atoms with van der Waals surface area (Å²) in [5, 5.41) is 0. The number of piperidine rings is 1. The Morgan fingerprint density at radius 2 is 1.88 bits per heavy atom. The molecule has 3 nitrogen and oxygen atoms in total. The minimum absolute atomic E-state index is 0.212. The van der Waals surface area contributed by atoms with Crippen LogP contribution in [0.2, 0.25) is 0 Å². The molecule has 1 rings (SSSR count). The molecule has 1 atom stereocenters. The van der Waals surface area contributed by atoms with Crippen molar-refractivity contribution in [2.45, 2.75) is 39.7 Å². The third-order valence-corrected chi connectivity index (χ3v) is 3.68. The number of likely N-dealkylation sites (tertiary alicyclic amines) is 1. The van der Waals surface area contributed by atoms with E-state index >= 15 is 0 Å². The second-order valence-electron chi connectivity index (χ2n) is 6.17. The van der Waals surface area contributed by atoms with E-state index < -0.39 is 0 Å². The molecule has 1 unspecified atom stereocenters. The summed E-state index contributed by atoms with van der Waals surface area (Å²) in [5.41, 5.74) is 6.42. The molecule has 1 aliphatic rings. The fourth-order valence-corrected chi connectivity index (χ4v) is 2.12. The van der Waals surface area contributed by atoms with Gasteiger partial charge in [0.1, 0.15) is 0 Å².